The van der Waals surface area contributed by atoms with E-state index in [1.54, 1.807) is 0 Å². The van der Waals surface area contributed by atoms with E-state index in [9.17, 15) is 0 Å². The van der Waals surface area contributed by atoms with E-state index in [0.717, 1.165) is 11.3 Å². The fraction of sp³-hybridized carbons (Fsp3) is 0.455. The molecule has 0 radical (unpaired) electrons. The zero-order chi connectivity index (χ0) is 11.1. The summed E-state index contributed by atoms with van der Waals surface area (Å²) in [4.78, 5) is 0. The molecule has 0 N–H and O–H groups in total. The van der Waals surface area contributed by atoms with Crippen LogP contribution in [0.4, 0.5) is 0 Å². The number of halogens is 2. The molecule has 0 saturated heterocycles. The minimum Gasteiger partial charge on any atom is -0.491 e. The number of hydrogen-bond donors (Lipinski definition) is 0. The van der Waals surface area contributed by atoms with E-state index in [-0.39, 0.29) is 5.01 Å². The highest BCUT2D eigenvalue weighted by Gasteiger charge is 2.01. The summed E-state index contributed by atoms with van der Waals surface area (Å²) in [6, 6.07) is 7.90. The predicted octanol–water partition coefficient (Wildman–Crippen LogP) is 3.35. The summed E-state index contributed by atoms with van der Waals surface area (Å²) in [5, 5.41) is -0.0976. The van der Waals surface area contributed by atoms with Crippen LogP contribution in [0.1, 0.15) is 5.56 Å². The molecule has 0 aliphatic carbocycles. The van der Waals surface area contributed by atoms with Crippen LogP contribution in [0.15, 0.2) is 24.3 Å². The minimum absolute atomic E-state index is 0.0976. The summed E-state index contributed by atoms with van der Waals surface area (Å²) in [6.45, 7) is 3.07. The first-order valence-corrected chi connectivity index (χ1v) is 6.19. The topological polar surface area (TPSA) is 18.5 Å². The van der Waals surface area contributed by atoms with Crippen LogP contribution in [-0.4, -0.2) is 24.1 Å². The van der Waals surface area contributed by atoms with Gasteiger partial charge in [0.2, 0.25) is 0 Å². The smallest absolute Gasteiger partial charge is 0.126 e. The number of alkyl halides is 2. The van der Waals surface area contributed by atoms with Crippen LogP contribution in [0, 0.1) is 6.92 Å². The molecule has 0 spiro atoms. The molecule has 1 unspecified atom stereocenters. The van der Waals surface area contributed by atoms with E-state index < -0.39 is 0 Å². The highest BCUT2D eigenvalue weighted by atomic mass is 79.9. The van der Waals surface area contributed by atoms with Crippen LogP contribution in [0.3, 0.4) is 0 Å². The molecule has 2 nitrogen and oxygen atoms in total. The molecule has 1 aromatic rings. The van der Waals surface area contributed by atoms with Crippen molar-refractivity contribution in [2.45, 2.75) is 11.9 Å². The minimum atomic E-state index is -0.0976. The van der Waals surface area contributed by atoms with Gasteiger partial charge in [-0.2, -0.15) is 0 Å². The molecule has 0 aromatic heterocycles. The quantitative estimate of drug-likeness (QED) is 0.591. The Balaban J connectivity index is 2.23. The Bertz CT molecular complexity index is 294. The maximum Gasteiger partial charge on any atom is 0.126 e. The van der Waals surface area contributed by atoms with Gasteiger partial charge in [0.25, 0.3) is 0 Å². The molecule has 0 amide bonds. The van der Waals surface area contributed by atoms with Crippen molar-refractivity contribution in [1.29, 1.82) is 0 Å². The molecule has 1 aromatic carbocycles. The third-order valence-corrected chi connectivity index (χ3v) is 3.10. The maximum atomic E-state index is 5.56. The molecule has 84 valence electrons. The average Bonchev–Trinajstić information content (AvgIpc) is 2.26. The molecule has 4 heteroatoms. The number of benzene rings is 1. The van der Waals surface area contributed by atoms with Crippen molar-refractivity contribution < 1.29 is 9.47 Å². The van der Waals surface area contributed by atoms with Gasteiger partial charge in [-0.15, -0.1) is 11.6 Å². The molecule has 0 saturated carbocycles. The monoisotopic (exact) mass is 292 g/mol. The Morgan fingerprint density at radius 1 is 1.33 bits per heavy atom. The largest absolute Gasteiger partial charge is 0.491 e. The second-order valence-electron chi connectivity index (χ2n) is 3.05. The second kappa shape index (κ2) is 7.09. The number of rotatable bonds is 6. The summed E-state index contributed by atoms with van der Waals surface area (Å²) in [5.41, 5.74) is 1.13. The van der Waals surface area contributed by atoms with Gasteiger partial charge in [-0.25, -0.2) is 0 Å². The Morgan fingerprint density at radius 3 is 2.73 bits per heavy atom. The highest BCUT2D eigenvalue weighted by molar-refractivity contribution is 9.09. The van der Waals surface area contributed by atoms with E-state index in [1.807, 2.05) is 31.2 Å². The summed E-state index contributed by atoms with van der Waals surface area (Å²) in [5.74, 6) is 1.34. The average molecular weight is 294 g/mol. The lowest BCUT2D eigenvalue weighted by molar-refractivity contribution is 0.0964. The molecule has 1 rings (SSSR count). The van der Waals surface area contributed by atoms with Gasteiger partial charge >= 0.3 is 0 Å². The van der Waals surface area contributed by atoms with E-state index in [2.05, 4.69) is 15.9 Å². The first kappa shape index (κ1) is 12.8. The van der Waals surface area contributed by atoms with Crippen LogP contribution in [-0.2, 0) is 4.74 Å². The predicted molar refractivity (Wildman–Crippen MR) is 66.1 cm³/mol. The zero-order valence-corrected chi connectivity index (χ0v) is 10.9. The summed E-state index contributed by atoms with van der Waals surface area (Å²) < 4.78 is 10.9. The third kappa shape index (κ3) is 4.87. The first-order chi connectivity index (χ1) is 7.24. The molecule has 0 aliphatic rings. The summed E-state index contributed by atoms with van der Waals surface area (Å²) >= 11 is 8.83. The van der Waals surface area contributed by atoms with Crippen LogP contribution in [0.2, 0.25) is 0 Å². The lowest BCUT2D eigenvalue weighted by Gasteiger charge is -2.10. The Kier molecular flexibility index (Phi) is 6.06. The molecule has 0 aliphatic heterocycles. The van der Waals surface area contributed by atoms with E-state index in [1.165, 1.54) is 0 Å². The van der Waals surface area contributed by atoms with Crippen molar-refractivity contribution in [3.8, 4) is 5.75 Å². The SMILES string of the molecule is Cc1ccccc1OCCOC(Br)CCl. The number of ether oxygens (including phenoxy) is 2. The van der Waals surface area contributed by atoms with Crippen LogP contribution in [0.25, 0.3) is 0 Å². The van der Waals surface area contributed by atoms with E-state index in [0.29, 0.717) is 19.1 Å². The van der Waals surface area contributed by atoms with Crippen LogP contribution in [0.5, 0.6) is 5.75 Å². The van der Waals surface area contributed by atoms with Gasteiger partial charge in [-0.05, 0) is 18.6 Å². The van der Waals surface area contributed by atoms with E-state index in [4.69, 9.17) is 21.1 Å². The van der Waals surface area contributed by atoms with Gasteiger partial charge in [0.1, 0.15) is 17.4 Å². The number of aryl methyl sites for hydroxylation is 1. The molecule has 0 bridgehead atoms. The van der Waals surface area contributed by atoms with Gasteiger partial charge in [0, 0.05) is 0 Å². The third-order valence-electron chi connectivity index (χ3n) is 1.85. The maximum absolute atomic E-state index is 5.56. The highest BCUT2D eigenvalue weighted by Crippen LogP contribution is 2.15. The van der Waals surface area contributed by atoms with Crippen LogP contribution >= 0.6 is 27.5 Å². The zero-order valence-electron chi connectivity index (χ0n) is 8.58. The Morgan fingerprint density at radius 2 is 2.07 bits per heavy atom. The van der Waals surface area contributed by atoms with Crippen molar-refractivity contribution in [3.63, 3.8) is 0 Å². The number of para-hydroxylation sites is 1. The Hall–Kier alpha value is -0.250. The van der Waals surface area contributed by atoms with Gasteiger partial charge in [-0.3, -0.25) is 0 Å². The molecule has 15 heavy (non-hydrogen) atoms. The van der Waals surface area contributed by atoms with Crippen LogP contribution < -0.4 is 4.74 Å². The molecular weight excluding hydrogens is 279 g/mol. The van der Waals surface area contributed by atoms with Crippen molar-refractivity contribution in [2.75, 3.05) is 19.1 Å². The summed E-state index contributed by atoms with van der Waals surface area (Å²) in [6.07, 6.45) is 0. The second-order valence-corrected chi connectivity index (χ2v) is 4.38. The van der Waals surface area contributed by atoms with Gasteiger partial charge in [0.15, 0.2) is 0 Å². The van der Waals surface area contributed by atoms with Crippen molar-refractivity contribution in [1.82, 2.24) is 0 Å². The number of hydrogen-bond acceptors (Lipinski definition) is 2. The normalized spacial score (nSPS) is 12.5. The fourth-order valence-corrected chi connectivity index (χ4v) is 1.37. The molecule has 0 heterocycles. The van der Waals surface area contributed by atoms with Crippen molar-refractivity contribution in [3.05, 3.63) is 29.8 Å². The first-order valence-electron chi connectivity index (χ1n) is 4.74. The molecule has 0 fully saturated rings. The molecule has 1 atom stereocenters. The van der Waals surface area contributed by atoms with Crippen molar-refractivity contribution in [2.24, 2.45) is 0 Å². The van der Waals surface area contributed by atoms with Gasteiger partial charge < -0.3 is 9.47 Å². The lowest BCUT2D eigenvalue weighted by Crippen LogP contribution is -2.13. The Labute approximate surface area is 104 Å². The van der Waals surface area contributed by atoms with Crippen molar-refractivity contribution >= 4 is 27.5 Å². The fourth-order valence-electron chi connectivity index (χ4n) is 1.09. The molecular formula is C11H14BrClO2. The standard InChI is InChI=1S/C11H14BrClO2/c1-9-4-2-3-5-10(9)14-6-7-15-11(12)8-13/h2-5,11H,6-8H2,1H3. The van der Waals surface area contributed by atoms with Gasteiger partial charge in [-0.1, -0.05) is 34.1 Å². The lowest BCUT2D eigenvalue weighted by atomic mass is 10.2. The van der Waals surface area contributed by atoms with Gasteiger partial charge in [0.05, 0.1) is 12.5 Å². The van der Waals surface area contributed by atoms with E-state index >= 15 is 0 Å². The summed E-state index contributed by atoms with van der Waals surface area (Å²) in [7, 11) is 0.